The third-order valence-electron chi connectivity index (χ3n) is 8.50. The highest BCUT2D eigenvalue weighted by Crippen LogP contribution is 2.51. The highest BCUT2D eigenvalue weighted by molar-refractivity contribution is 6.42. The van der Waals surface area contributed by atoms with Gasteiger partial charge in [-0.1, -0.05) is 41.4 Å². The molecular weight excluding hydrogens is 467 g/mol. The highest BCUT2D eigenvalue weighted by Gasteiger charge is 2.49. The molecule has 1 amide bonds. The van der Waals surface area contributed by atoms with Crippen LogP contribution in [-0.4, -0.2) is 53.5 Å². The van der Waals surface area contributed by atoms with E-state index in [0.717, 1.165) is 50.3 Å². The number of fused-ring (bicyclic) bond motifs is 1. The molecule has 6 heteroatoms. The summed E-state index contributed by atoms with van der Waals surface area (Å²) in [6, 6.07) is 13.5. The van der Waals surface area contributed by atoms with E-state index >= 15 is 0 Å². The van der Waals surface area contributed by atoms with Crippen LogP contribution in [0.3, 0.4) is 0 Å². The number of likely N-dealkylation sites (tertiary alicyclic amines) is 1. The zero-order valence-electron chi connectivity index (χ0n) is 19.9. The molecule has 3 fully saturated rings. The van der Waals surface area contributed by atoms with E-state index < -0.39 is 0 Å². The van der Waals surface area contributed by atoms with Crippen molar-refractivity contribution in [3.8, 4) is 5.75 Å². The molecule has 2 aromatic rings. The number of rotatable bonds is 6. The molecule has 2 aromatic carbocycles. The van der Waals surface area contributed by atoms with Crippen LogP contribution in [0.2, 0.25) is 10.0 Å². The van der Waals surface area contributed by atoms with Crippen LogP contribution in [0.15, 0.2) is 42.5 Å². The van der Waals surface area contributed by atoms with Crippen LogP contribution in [0.25, 0.3) is 0 Å². The van der Waals surface area contributed by atoms with Gasteiger partial charge in [-0.15, -0.1) is 0 Å². The fraction of sp³-hybridized carbons (Fsp3) is 0.536. The summed E-state index contributed by atoms with van der Waals surface area (Å²) < 4.78 is 0. The average molecular weight is 501 g/mol. The van der Waals surface area contributed by atoms with Crippen LogP contribution >= 0.6 is 23.2 Å². The number of likely N-dealkylation sites (N-methyl/N-ethyl adjacent to an activating group) is 1. The third kappa shape index (κ3) is 4.96. The molecule has 182 valence electrons. The second-order valence-corrected chi connectivity index (χ2v) is 11.5. The third-order valence-corrected chi connectivity index (χ3v) is 9.24. The minimum absolute atomic E-state index is 0.000171. The van der Waals surface area contributed by atoms with Crippen molar-refractivity contribution in [3.63, 3.8) is 0 Å². The summed E-state index contributed by atoms with van der Waals surface area (Å²) >= 11 is 12.2. The van der Waals surface area contributed by atoms with Gasteiger partial charge in [0.25, 0.3) is 0 Å². The molecule has 0 bridgehead atoms. The summed E-state index contributed by atoms with van der Waals surface area (Å²) in [4.78, 5) is 17.9. The fourth-order valence-corrected chi connectivity index (χ4v) is 6.64. The van der Waals surface area contributed by atoms with Crippen LogP contribution in [0.5, 0.6) is 5.75 Å². The van der Waals surface area contributed by atoms with Crippen LogP contribution in [-0.2, 0) is 16.6 Å². The summed E-state index contributed by atoms with van der Waals surface area (Å²) in [6.07, 6.45) is 7.24. The Hall–Kier alpha value is -1.75. The first-order valence-corrected chi connectivity index (χ1v) is 13.3. The SMILES string of the molecule is CN(C(=O)Cc1ccc(Cl)c(Cl)c1)[C@H]1CC[C@@H]2CN(CC3CC3)CC[C@@]2(c2cccc(O)c2)C1. The van der Waals surface area contributed by atoms with Crippen molar-refractivity contribution in [3.05, 3.63) is 63.6 Å². The fourth-order valence-electron chi connectivity index (χ4n) is 6.32. The van der Waals surface area contributed by atoms with Gasteiger partial charge in [0.2, 0.25) is 5.91 Å². The maximum atomic E-state index is 13.2. The topological polar surface area (TPSA) is 43.8 Å². The molecule has 4 nitrogen and oxygen atoms in total. The molecule has 3 atom stereocenters. The zero-order valence-corrected chi connectivity index (χ0v) is 21.4. The van der Waals surface area contributed by atoms with Crippen molar-refractivity contribution in [2.75, 3.05) is 26.7 Å². The predicted molar refractivity (Wildman–Crippen MR) is 138 cm³/mol. The Morgan fingerprint density at radius 3 is 2.68 bits per heavy atom. The van der Waals surface area contributed by atoms with Crippen molar-refractivity contribution in [2.45, 2.75) is 56.4 Å². The van der Waals surface area contributed by atoms with E-state index in [1.807, 2.05) is 30.1 Å². The van der Waals surface area contributed by atoms with Crippen LogP contribution in [0, 0.1) is 11.8 Å². The van der Waals surface area contributed by atoms with E-state index in [-0.39, 0.29) is 17.4 Å². The van der Waals surface area contributed by atoms with E-state index in [4.69, 9.17) is 23.2 Å². The molecule has 1 heterocycles. The molecule has 5 rings (SSSR count). The smallest absolute Gasteiger partial charge is 0.226 e. The normalized spacial score (nSPS) is 27.3. The lowest BCUT2D eigenvalue weighted by molar-refractivity contribution is -0.133. The molecule has 1 saturated heterocycles. The number of amides is 1. The number of halogens is 2. The van der Waals surface area contributed by atoms with Crippen molar-refractivity contribution in [2.24, 2.45) is 11.8 Å². The Kier molecular flexibility index (Phi) is 6.85. The molecule has 1 N–H and O–H groups in total. The Balaban J connectivity index is 1.35. The zero-order chi connectivity index (χ0) is 23.9. The van der Waals surface area contributed by atoms with Gasteiger partial charge < -0.3 is 14.9 Å². The van der Waals surface area contributed by atoms with E-state index in [0.29, 0.717) is 28.1 Å². The number of nitrogens with zero attached hydrogens (tertiary/aromatic N) is 2. The first kappa shape index (κ1) is 24.0. The van der Waals surface area contributed by atoms with E-state index in [2.05, 4.69) is 11.0 Å². The van der Waals surface area contributed by atoms with Gasteiger partial charge in [-0.3, -0.25) is 4.79 Å². The number of phenolic OH excluding ortho intramolecular Hbond substituents is 1. The number of piperidine rings is 1. The van der Waals surface area contributed by atoms with Crippen molar-refractivity contribution in [1.82, 2.24) is 9.80 Å². The molecule has 0 unspecified atom stereocenters. The van der Waals surface area contributed by atoms with Crippen molar-refractivity contribution < 1.29 is 9.90 Å². The maximum Gasteiger partial charge on any atom is 0.226 e. The minimum Gasteiger partial charge on any atom is -0.508 e. The molecule has 2 aliphatic carbocycles. The monoisotopic (exact) mass is 500 g/mol. The number of carbonyl (C=O) groups is 1. The number of benzene rings is 2. The lowest BCUT2D eigenvalue weighted by Gasteiger charge is -2.54. The Morgan fingerprint density at radius 2 is 1.94 bits per heavy atom. The molecule has 3 aliphatic rings. The first-order chi connectivity index (χ1) is 16.3. The molecule has 1 aliphatic heterocycles. The van der Waals surface area contributed by atoms with Gasteiger partial charge in [-0.2, -0.15) is 0 Å². The first-order valence-electron chi connectivity index (χ1n) is 12.6. The summed E-state index contributed by atoms with van der Waals surface area (Å²) in [5.41, 5.74) is 2.12. The average Bonchev–Trinajstić information content (AvgIpc) is 3.64. The van der Waals surface area contributed by atoms with E-state index in [1.54, 1.807) is 18.2 Å². The van der Waals surface area contributed by atoms with Gasteiger partial charge in [0.05, 0.1) is 16.5 Å². The second-order valence-electron chi connectivity index (χ2n) is 10.7. The molecule has 2 saturated carbocycles. The lowest BCUT2D eigenvalue weighted by atomic mass is 9.57. The van der Waals surface area contributed by atoms with Gasteiger partial charge in [0, 0.05) is 31.6 Å². The van der Waals surface area contributed by atoms with Crippen LogP contribution in [0.1, 0.15) is 49.7 Å². The second kappa shape index (κ2) is 9.72. The van der Waals surface area contributed by atoms with Gasteiger partial charge in [0.1, 0.15) is 5.75 Å². The number of hydrogen-bond donors (Lipinski definition) is 1. The molecule has 0 aromatic heterocycles. The number of hydrogen-bond acceptors (Lipinski definition) is 3. The maximum absolute atomic E-state index is 13.2. The molecule has 0 spiro atoms. The van der Waals surface area contributed by atoms with Gasteiger partial charge >= 0.3 is 0 Å². The Labute approximate surface area is 212 Å². The number of carbonyl (C=O) groups excluding carboxylic acids is 1. The van der Waals surface area contributed by atoms with Crippen molar-refractivity contribution >= 4 is 29.1 Å². The summed E-state index contributed by atoms with van der Waals surface area (Å²) in [5, 5.41) is 11.3. The van der Waals surface area contributed by atoms with Crippen LogP contribution in [0.4, 0.5) is 0 Å². The molecular formula is C28H34Cl2N2O2. The largest absolute Gasteiger partial charge is 0.508 e. The Bertz CT molecular complexity index is 1060. The summed E-state index contributed by atoms with van der Waals surface area (Å²) in [5.74, 6) is 1.89. The van der Waals surface area contributed by atoms with E-state index in [9.17, 15) is 9.90 Å². The summed E-state index contributed by atoms with van der Waals surface area (Å²) in [6.45, 7) is 3.45. The quantitative estimate of drug-likeness (QED) is 0.534. The van der Waals surface area contributed by atoms with Gasteiger partial charge in [-0.05, 0) is 92.3 Å². The Morgan fingerprint density at radius 1 is 1.12 bits per heavy atom. The number of phenols is 1. The predicted octanol–water partition coefficient (Wildman–Crippen LogP) is 5.92. The summed E-state index contributed by atoms with van der Waals surface area (Å²) in [7, 11) is 1.95. The van der Waals surface area contributed by atoms with Gasteiger partial charge in [-0.25, -0.2) is 0 Å². The van der Waals surface area contributed by atoms with Gasteiger partial charge in [0.15, 0.2) is 0 Å². The standard InChI is InChI=1S/C28H34Cl2N2O2/c1-31(27(34)14-20-7-10-25(29)26(30)13-20)23-9-8-22-18-32(17-19-5-6-19)12-11-28(22,16-23)21-3-2-4-24(33)15-21/h2-4,7,10,13,15,19,22-23,33H,5-6,8-9,11-12,14,16-18H2,1H3/t22-,23+,28+/m1/s1. The molecule has 0 radical (unpaired) electrons. The molecule has 34 heavy (non-hydrogen) atoms. The van der Waals surface area contributed by atoms with Crippen molar-refractivity contribution in [1.29, 1.82) is 0 Å². The van der Waals surface area contributed by atoms with Crippen LogP contribution < -0.4 is 0 Å². The minimum atomic E-state index is -0.000171. The van der Waals surface area contributed by atoms with E-state index in [1.165, 1.54) is 24.9 Å². The number of aromatic hydroxyl groups is 1. The lowest BCUT2D eigenvalue weighted by Crippen LogP contribution is -2.56. The highest BCUT2D eigenvalue weighted by atomic mass is 35.5.